The first-order chi connectivity index (χ1) is 13.6. The predicted molar refractivity (Wildman–Crippen MR) is 108 cm³/mol. The average molecular weight is 462 g/mol. The Bertz CT molecular complexity index is 1010. The van der Waals surface area contributed by atoms with Gasteiger partial charge in [-0.3, -0.25) is 0 Å². The van der Waals surface area contributed by atoms with Crippen LogP contribution in [-0.2, 0) is 19.0 Å². The fourth-order valence-corrected chi connectivity index (χ4v) is 3.79. The van der Waals surface area contributed by atoms with Crippen molar-refractivity contribution in [2.75, 3.05) is 0 Å². The molecule has 0 bridgehead atoms. The molecule has 0 saturated carbocycles. The molecule has 10 heteroatoms. The summed E-state index contributed by atoms with van der Waals surface area (Å²) in [6.07, 6.45) is -4.83. The van der Waals surface area contributed by atoms with Gasteiger partial charge in [-0.05, 0) is 30.7 Å². The molecule has 0 fully saturated rings. The quantitative estimate of drug-likeness (QED) is 0.389. The third kappa shape index (κ3) is 5.38. The number of thioether (sulfide) groups is 1. The van der Waals surface area contributed by atoms with E-state index in [0.29, 0.717) is 38.1 Å². The zero-order valence-electron chi connectivity index (χ0n) is 15.4. The van der Waals surface area contributed by atoms with Gasteiger partial charge in [0.15, 0.2) is 17.1 Å². The second-order valence-corrected chi connectivity index (χ2v) is 8.01. The van der Waals surface area contributed by atoms with E-state index in [9.17, 15) is 13.2 Å². The van der Waals surface area contributed by atoms with E-state index in [2.05, 4.69) is 10.2 Å². The van der Waals surface area contributed by atoms with E-state index in [-0.39, 0.29) is 0 Å². The maximum Gasteiger partial charge on any atom is 0.416 e. The van der Waals surface area contributed by atoms with Gasteiger partial charge < -0.3 is 9.30 Å². The van der Waals surface area contributed by atoms with Gasteiger partial charge in [0.05, 0.1) is 10.6 Å². The molecule has 0 saturated heterocycles. The van der Waals surface area contributed by atoms with Gasteiger partial charge in [-0.2, -0.15) is 13.2 Å². The molecular weight excluding hydrogens is 446 g/mol. The van der Waals surface area contributed by atoms with Crippen LogP contribution in [0.25, 0.3) is 0 Å². The predicted octanol–water partition coefficient (Wildman–Crippen LogP) is 6.57. The SMILES string of the molecule is CC(Oc1cc(Cl)ccc1Cl)c1nnc(SCc2cccc(C(F)(F)F)c2)n1C. The van der Waals surface area contributed by atoms with Crippen molar-refractivity contribution in [2.45, 2.75) is 30.1 Å². The van der Waals surface area contributed by atoms with Crippen molar-refractivity contribution in [3.8, 4) is 5.75 Å². The Labute approximate surface area is 180 Å². The molecule has 0 N–H and O–H groups in total. The van der Waals surface area contributed by atoms with Crippen LogP contribution in [-0.4, -0.2) is 14.8 Å². The highest BCUT2D eigenvalue weighted by Crippen LogP contribution is 2.33. The summed E-state index contributed by atoms with van der Waals surface area (Å²) < 4.78 is 46.2. The minimum absolute atomic E-state index is 0.325. The van der Waals surface area contributed by atoms with Crippen LogP contribution in [0.5, 0.6) is 5.75 Å². The summed E-state index contributed by atoms with van der Waals surface area (Å²) in [5.74, 6) is 1.30. The molecule has 0 aliphatic rings. The number of halogens is 5. The minimum atomic E-state index is -4.37. The average Bonchev–Trinajstić information content (AvgIpc) is 3.03. The van der Waals surface area contributed by atoms with Crippen LogP contribution < -0.4 is 4.74 Å². The molecule has 2 aromatic carbocycles. The van der Waals surface area contributed by atoms with E-state index in [1.54, 1.807) is 42.8 Å². The molecule has 154 valence electrons. The summed E-state index contributed by atoms with van der Waals surface area (Å²) in [4.78, 5) is 0. The molecule has 0 aliphatic heterocycles. The number of benzene rings is 2. The first-order valence-electron chi connectivity index (χ1n) is 8.45. The van der Waals surface area contributed by atoms with Gasteiger partial charge in [-0.25, -0.2) is 0 Å². The second-order valence-electron chi connectivity index (χ2n) is 6.22. The van der Waals surface area contributed by atoms with E-state index >= 15 is 0 Å². The van der Waals surface area contributed by atoms with Crippen LogP contribution in [0.2, 0.25) is 10.0 Å². The van der Waals surface area contributed by atoms with E-state index < -0.39 is 17.8 Å². The second kappa shape index (κ2) is 8.85. The maximum atomic E-state index is 12.9. The van der Waals surface area contributed by atoms with Crippen LogP contribution in [0.1, 0.15) is 30.0 Å². The highest BCUT2D eigenvalue weighted by molar-refractivity contribution is 7.98. The van der Waals surface area contributed by atoms with Crippen molar-refractivity contribution in [3.63, 3.8) is 0 Å². The zero-order chi connectivity index (χ0) is 21.2. The van der Waals surface area contributed by atoms with Gasteiger partial charge >= 0.3 is 6.18 Å². The van der Waals surface area contributed by atoms with Crippen LogP contribution in [0, 0.1) is 0 Å². The van der Waals surface area contributed by atoms with E-state index in [1.165, 1.54) is 17.8 Å². The molecule has 3 rings (SSSR count). The fourth-order valence-electron chi connectivity index (χ4n) is 2.60. The Morgan fingerprint density at radius 2 is 1.90 bits per heavy atom. The Morgan fingerprint density at radius 1 is 1.14 bits per heavy atom. The molecule has 29 heavy (non-hydrogen) atoms. The molecule has 0 amide bonds. The Morgan fingerprint density at radius 3 is 2.62 bits per heavy atom. The summed E-state index contributed by atoms with van der Waals surface area (Å²) in [7, 11) is 1.77. The molecule has 1 aromatic heterocycles. The Balaban J connectivity index is 1.70. The maximum absolute atomic E-state index is 12.9. The third-order valence-corrected chi connectivity index (χ3v) is 5.69. The van der Waals surface area contributed by atoms with Crippen molar-refractivity contribution in [1.82, 2.24) is 14.8 Å². The van der Waals surface area contributed by atoms with Gasteiger partial charge in [0, 0.05) is 23.9 Å². The molecule has 0 aliphatic carbocycles. The van der Waals surface area contributed by atoms with Crippen LogP contribution in [0.4, 0.5) is 13.2 Å². The van der Waals surface area contributed by atoms with Crippen LogP contribution in [0.15, 0.2) is 47.6 Å². The third-order valence-electron chi connectivity index (χ3n) is 4.05. The summed E-state index contributed by atoms with van der Waals surface area (Å²) in [5.41, 5.74) is -0.126. The van der Waals surface area contributed by atoms with Crippen molar-refractivity contribution in [1.29, 1.82) is 0 Å². The van der Waals surface area contributed by atoms with E-state index in [0.717, 1.165) is 12.1 Å². The molecule has 1 unspecified atom stereocenters. The lowest BCUT2D eigenvalue weighted by molar-refractivity contribution is -0.137. The topological polar surface area (TPSA) is 39.9 Å². The standard InChI is InChI=1S/C19H16Cl2F3N3OS/c1-11(28-16-9-14(20)6-7-15(16)21)17-25-26-18(27(17)2)29-10-12-4-3-5-13(8-12)19(22,23)24/h3-9,11H,10H2,1-2H3. The van der Waals surface area contributed by atoms with E-state index in [4.69, 9.17) is 27.9 Å². The molecule has 1 atom stereocenters. The van der Waals surface area contributed by atoms with Crippen molar-refractivity contribution in [2.24, 2.45) is 7.05 Å². The molecule has 1 heterocycles. The number of aromatic nitrogens is 3. The smallest absolute Gasteiger partial charge is 0.416 e. The van der Waals surface area contributed by atoms with Gasteiger partial charge in [0.2, 0.25) is 0 Å². The highest BCUT2D eigenvalue weighted by atomic mass is 35.5. The minimum Gasteiger partial charge on any atom is -0.481 e. The molecular formula is C19H16Cl2F3N3OS. The lowest BCUT2D eigenvalue weighted by Gasteiger charge is -2.15. The van der Waals surface area contributed by atoms with Crippen LogP contribution >= 0.6 is 35.0 Å². The summed E-state index contributed by atoms with van der Waals surface area (Å²) in [5, 5.41) is 9.74. The molecule has 0 spiro atoms. The highest BCUT2D eigenvalue weighted by Gasteiger charge is 2.30. The van der Waals surface area contributed by atoms with Crippen molar-refractivity contribution >= 4 is 35.0 Å². The molecule has 0 radical (unpaired) electrons. The van der Waals surface area contributed by atoms with E-state index in [1.807, 2.05) is 0 Å². The van der Waals surface area contributed by atoms with Crippen LogP contribution in [0.3, 0.4) is 0 Å². The monoisotopic (exact) mass is 461 g/mol. The van der Waals surface area contributed by atoms with Crippen molar-refractivity contribution in [3.05, 3.63) is 69.5 Å². The summed E-state index contributed by atoms with van der Waals surface area (Å²) in [6.45, 7) is 1.79. The lowest BCUT2D eigenvalue weighted by Crippen LogP contribution is -2.10. The first-order valence-corrected chi connectivity index (χ1v) is 10.2. The Hall–Kier alpha value is -1.90. The number of hydrogen-bond acceptors (Lipinski definition) is 4. The number of alkyl halides is 3. The summed E-state index contributed by atoms with van der Waals surface area (Å²) in [6, 6.07) is 10.1. The van der Waals surface area contributed by atoms with Crippen molar-refractivity contribution < 1.29 is 17.9 Å². The largest absolute Gasteiger partial charge is 0.481 e. The zero-order valence-corrected chi connectivity index (χ0v) is 17.7. The first kappa shape index (κ1) is 21.8. The van der Waals surface area contributed by atoms with Gasteiger partial charge in [0.1, 0.15) is 5.75 Å². The number of rotatable bonds is 6. The van der Waals surface area contributed by atoms with Gasteiger partial charge in [-0.1, -0.05) is 53.2 Å². The van der Waals surface area contributed by atoms with Gasteiger partial charge in [-0.15, -0.1) is 10.2 Å². The fraction of sp³-hybridized carbons (Fsp3) is 0.263. The number of ether oxygens (including phenoxy) is 1. The lowest BCUT2D eigenvalue weighted by atomic mass is 10.1. The molecule has 3 aromatic rings. The number of hydrogen-bond donors (Lipinski definition) is 0. The van der Waals surface area contributed by atoms with Gasteiger partial charge in [0.25, 0.3) is 0 Å². The summed E-state index contributed by atoms with van der Waals surface area (Å²) >= 11 is 13.4. The molecule has 4 nitrogen and oxygen atoms in total. The Kier molecular flexibility index (Phi) is 6.65. The normalized spacial score (nSPS) is 12.8. The number of nitrogens with zero attached hydrogens (tertiary/aromatic N) is 3.